The molecule has 0 saturated heterocycles. The van der Waals surface area contributed by atoms with Gasteiger partial charge in [0.1, 0.15) is 17.3 Å². The normalized spacial score (nSPS) is 10.9. The van der Waals surface area contributed by atoms with E-state index in [4.69, 9.17) is 10.2 Å². The summed E-state index contributed by atoms with van der Waals surface area (Å²) in [6, 6.07) is 9.89. The Morgan fingerprint density at radius 1 is 1.20 bits per heavy atom. The van der Waals surface area contributed by atoms with Gasteiger partial charge in [-0.2, -0.15) is 5.10 Å². The van der Waals surface area contributed by atoms with Gasteiger partial charge in [0.15, 0.2) is 0 Å². The lowest BCUT2D eigenvalue weighted by molar-refractivity contribution is 0.535. The fraction of sp³-hybridized carbons (Fsp3) is 0.133. The summed E-state index contributed by atoms with van der Waals surface area (Å²) in [7, 11) is 1.84. The maximum absolute atomic E-state index is 6.21. The van der Waals surface area contributed by atoms with Crippen molar-refractivity contribution in [3.63, 3.8) is 0 Å². The number of hydrogen-bond donors (Lipinski definition) is 1. The highest BCUT2D eigenvalue weighted by molar-refractivity contribution is 9.10. The van der Waals surface area contributed by atoms with Crippen LogP contribution >= 0.6 is 15.9 Å². The van der Waals surface area contributed by atoms with Crippen LogP contribution < -0.4 is 5.73 Å². The van der Waals surface area contributed by atoms with Crippen LogP contribution in [0.2, 0.25) is 0 Å². The Morgan fingerprint density at radius 3 is 2.60 bits per heavy atom. The fourth-order valence-electron chi connectivity index (χ4n) is 2.29. The number of nitrogen functional groups attached to an aromatic ring is 1. The molecule has 0 bridgehead atoms. The third kappa shape index (κ3) is 1.94. The highest BCUT2D eigenvalue weighted by Gasteiger charge is 2.21. The molecular weight excluding hydrogens is 318 g/mol. The van der Waals surface area contributed by atoms with Gasteiger partial charge in [-0.3, -0.25) is 4.68 Å². The van der Waals surface area contributed by atoms with Crippen LogP contribution in [0.4, 0.5) is 5.82 Å². The smallest absolute Gasteiger partial charge is 0.129 e. The van der Waals surface area contributed by atoms with Crippen LogP contribution in [0.15, 0.2) is 45.5 Å². The first-order chi connectivity index (χ1) is 9.59. The number of halogens is 1. The summed E-state index contributed by atoms with van der Waals surface area (Å²) in [6.45, 7) is 1.92. The van der Waals surface area contributed by atoms with Crippen LogP contribution in [0.25, 0.3) is 22.4 Å². The van der Waals surface area contributed by atoms with E-state index in [1.54, 1.807) is 10.9 Å². The minimum atomic E-state index is 0.632. The lowest BCUT2D eigenvalue weighted by Gasteiger charge is -2.06. The molecule has 2 heterocycles. The van der Waals surface area contributed by atoms with Crippen LogP contribution in [-0.4, -0.2) is 9.78 Å². The number of benzene rings is 1. The average Bonchev–Trinajstić information content (AvgIpc) is 2.96. The molecule has 0 aliphatic carbocycles. The van der Waals surface area contributed by atoms with E-state index in [1.807, 2.05) is 44.3 Å². The number of nitrogens with two attached hydrogens (primary N) is 1. The number of anilines is 1. The standard InChI is InChI=1S/C15H14BrN3O/c1-9-10(7-8-20-9)14-13(15(17)19(2)18-14)11-5-3-4-6-12(11)16/h3-8H,17H2,1-2H3. The van der Waals surface area contributed by atoms with Gasteiger partial charge in [0, 0.05) is 22.6 Å². The Labute approximate surface area is 125 Å². The quantitative estimate of drug-likeness (QED) is 0.772. The van der Waals surface area contributed by atoms with E-state index in [0.717, 1.165) is 32.6 Å². The molecule has 0 atom stereocenters. The highest BCUT2D eigenvalue weighted by atomic mass is 79.9. The van der Waals surface area contributed by atoms with Gasteiger partial charge in [-0.05, 0) is 19.1 Å². The summed E-state index contributed by atoms with van der Waals surface area (Å²) in [4.78, 5) is 0. The van der Waals surface area contributed by atoms with E-state index in [1.165, 1.54) is 0 Å². The first-order valence-corrected chi connectivity index (χ1v) is 7.00. The minimum absolute atomic E-state index is 0.632. The zero-order valence-corrected chi connectivity index (χ0v) is 12.8. The molecule has 3 rings (SSSR count). The molecule has 2 N–H and O–H groups in total. The second kappa shape index (κ2) is 4.83. The van der Waals surface area contributed by atoms with Crippen molar-refractivity contribution in [2.24, 2.45) is 7.05 Å². The first kappa shape index (κ1) is 13.0. The number of rotatable bonds is 2. The number of aryl methyl sites for hydroxylation is 2. The molecular formula is C15H14BrN3O. The molecule has 4 nitrogen and oxygen atoms in total. The molecule has 3 aromatic rings. The van der Waals surface area contributed by atoms with E-state index in [-0.39, 0.29) is 0 Å². The Kier molecular flexibility index (Phi) is 3.14. The largest absolute Gasteiger partial charge is 0.469 e. The summed E-state index contributed by atoms with van der Waals surface area (Å²) < 4.78 is 8.07. The van der Waals surface area contributed by atoms with Crippen molar-refractivity contribution in [1.82, 2.24) is 9.78 Å². The van der Waals surface area contributed by atoms with Gasteiger partial charge in [-0.25, -0.2) is 0 Å². The van der Waals surface area contributed by atoms with Gasteiger partial charge < -0.3 is 10.2 Å². The number of aromatic nitrogens is 2. The monoisotopic (exact) mass is 331 g/mol. The highest BCUT2D eigenvalue weighted by Crippen LogP contribution is 2.40. The van der Waals surface area contributed by atoms with Crippen molar-refractivity contribution in [2.75, 3.05) is 5.73 Å². The van der Waals surface area contributed by atoms with Crippen molar-refractivity contribution in [2.45, 2.75) is 6.92 Å². The second-order valence-corrected chi connectivity index (χ2v) is 5.46. The van der Waals surface area contributed by atoms with Gasteiger partial charge >= 0.3 is 0 Å². The maximum atomic E-state index is 6.21. The summed E-state index contributed by atoms with van der Waals surface area (Å²) in [6.07, 6.45) is 1.67. The number of nitrogens with zero attached hydrogens (tertiary/aromatic N) is 2. The molecule has 0 fully saturated rings. The van der Waals surface area contributed by atoms with Crippen LogP contribution in [0.5, 0.6) is 0 Å². The molecule has 102 valence electrons. The van der Waals surface area contributed by atoms with E-state index >= 15 is 0 Å². The Morgan fingerprint density at radius 2 is 1.95 bits per heavy atom. The van der Waals surface area contributed by atoms with Crippen LogP contribution in [0.1, 0.15) is 5.76 Å². The fourth-order valence-corrected chi connectivity index (χ4v) is 2.77. The molecule has 0 aliphatic rings. The van der Waals surface area contributed by atoms with Gasteiger partial charge in [0.25, 0.3) is 0 Å². The van der Waals surface area contributed by atoms with Crippen LogP contribution in [-0.2, 0) is 7.05 Å². The summed E-state index contributed by atoms with van der Waals surface area (Å²) >= 11 is 3.58. The lowest BCUT2D eigenvalue weighted by atomic mass is 10.0. The predicted molar refractivity (Wildman–Crippen MR) is 83.2 cm³/mol. The average molecular weight is 332 g/mol. The van der Waals surface area contributed by atoms with Crippen molar-refractivity contribution in [3.05, 3.63) is 46.8 Å². The van der Waals surface area contributed by atoms with Gasteiger partial charge in [-0.15, -0.1) is 0 Å². The summed E-state index contributed by atoms with van der Waals surface area (Å²) in [5.41, 5.74) is 9.95. The molecule has 20 heavy (non-hydrogen) atoms. The van der Waals surface area contributed by atoms with Crippen molar-refractivity contribution in [1.29, 1.82) is 0 Å². The SMILES string of the molecule is Cc1occc1-c1nn(C)c(N)c1-c1ccccc1Br. The van der Waals surface area contributed by atoms with Gasteiger partial charge in [0.2, 0.25) is 0 Å². The first-order valence-electron chi connectivity index (χ1n) is 6.21. The number of hydrogen-bond acceptors (Lipinski definition) is 3. The molecule has 2 aromatic heterocycles. The second-order valence-electron chi connectivity index (χ2n) is 4.60. The third-order valence-corrected chi connectivity index (χ3v) is 4.04. The number of furan rings is 1. The summed E-state index contributed by atoms with van der Waals surface area (Å²) in [5.74, 6) is 1.46. The van der Waals surface area contributed by atoms with E-state index in [0.29, 0.717) is 5.82 Å². The van der Waals surface area contributed by atoms with Gasteiger partial charge in [-0.1, -0.05) is 34.1 Å². The zero-order chi connectivity index (χ0) is 14.3. The summed E-state index contributed by atoms with van der Waals surface area (Å²) in [5, 5.41) is 4.54. The maximum Gasteiger partial charge on any atom is 0.129 e. The molecule has 0 saturated carbocycles. The third-order valence-electron chi connectivity index (χ3n) is 3.35. The molecule has 1 aromatic carbocycles. The van der Waals surface area contributed by atoms with Crippen molar-refractivity contribution >= 4 is 21.7 Å². The Bertz CT molecular complexity index is 773. The van der Waals surface area contributed by atoms with Crippen LogP contribution in [0.3, 0.4) is 0 Å². The van der Waals surface area contributed by atoms with E-state index < -0.39 is 0 Å². The predicted octanol–water partition coefficient (Wildman–Crippen LogP) is 4.00. The van der Waals surface area contributed by atoms with E-state index in [2.05, 4.69) is 21.0 Å². The molecule has 0 amide bonds. The van der Waals surface area contributed by atoms with E-state index in [9.17, 15) is 0 Å². The topological polar surface area (TPSA) is 57.0 Å². The molecule has 5 heteroatoms. The minimum Gasteiger partial charge on any atom is -0.469 e. The Hall–Kier alpha value is -2.01. The molecule has 0 radical (unpaired) electrons. The van der Waals surface area contributed by atoms with Crippen molar-refractivity contribution < 1.29 is 4.42 Å². The lowest BCUT2D eigenvalue weighted by Crippen LogP contribution is -1.98. The molecule has 0 unspecified atom stereocenters. The van der Waals surface area contributed by atoms with Crippen molar-refractivity contribution in [3.8, 4) is 22.4 Å². The zero-order valence-electron chi connectivity index (χ0n) is 11.2. The Balaban J connectivity index is 2.31. The molecule has 0 spiro atoms. The molecule has 0 aliphatic heterocycles. The van der Waals surface area contributed by atoms with Gasteiger partial charge in [0.05, 0.1) is 11.8 Å². The van der Waals surface area contributed by atoms with Crippen LogP contribution in [0, 0.1) is 6.92 Å².